The van der Waals surface area contributed by atoms with E-state index in [0.717, 1.165) is 79.8 Å². The van der Waals surface area contributed by atoms with Crippen molar-refractivity contribution in [2.75, 3.05) is 7.11 Å². The third-order valence-corrected chi connectivity index (χ3v) is 8.81. The number of aryl methyl sites for hydroxylation is 5. The zero-order valence-corrected chi connectivity index (χ0v) is 26.0. The number of hydrogen-bond acceptors (Lipinski definition) is 4. The first kappa shape index (κ1) is 29.4. The summed E-state index contributed by atoms with van der Waals surface area (Å²) in [6.07, 6.45) is 3.54. The molecule has 0 aromatic heterocycles. The van der Waals surface area contributed by atoms with Crippen LogP contribution in [0.1, 0.15) is 72.3 Å². The Bertz CT molecular complexity index is 1750. The van der Waals surface area contributed by atoms with E-state index in [1.807, 2.05) is 63.2 Å². The van der Waals surface area contributed by atoms with Crippen LogP contribution < -0.4 is 4.74 Å². The van der Waals surface area contributed by atoms with Gasteiger partial charge in [0.05, 0.1) is 7.11 Å². The summed E-state index contributed by atoms with van der Waals surface area (Å²) >= 11 is 0. The molecule has 0 saturated heterocycles. The number of methoxy groups -OCH3 is 1. The van der Waals surface area contributed by atoms with Crippen molar-refractivity contribution in [3.63, 3.8) is 0 Å². The molecule has 224 valence electrons. The molecule has 0 saturated carbocycles. The summed E-state index contributed by atoms with van der Waals surface area (Å²) in [5.74, 6) is 1.50. The first-order chi connectivity index (χ1) is 21.2. The van der Waals surface area contributed by atoms with Gasteiger partial charge in [-0.3, -0.25) is 0 Å². The van der Waals surface area contributed by atoms with Gasteiger partial charge < -0.3 is 20.1 Å². The number of phenolic OH excluding ortho intramolecular Hbond substituents is 3. The minimum atomic E-state index is 0.211. The Morgan fingerprint density at radius 1 is 0.477 bits per heavy atom. The standard InChI is InChI=1S/C40H40O4/c1-24-12-29-20-31-14-25(2)16-33(38(31)42)22-35-18-28(11-10-27-8-6-5-7-9-27)19-36(40(35)44-4)23-34-17-26(3)15-32(39(34)43)21-30(13-24)37(29)41/h5-9,12-19,41-43H,10-11,20-23H2,1-4H3. The first-order valence-electron chi connectivity index (χ1n) is 15.3. The smallest absolute Gasteiger partial charge is 0.125 e. The van der Waals surface area contributed by atoms with Gasteiger partial charge in [-0.1, -0.05) is 95.6 Å². The normalized spacial score (nSPS) is 12.6. The molecule has 0 heterocycles. The number of hydrogen-bond donors (Lipinski definition) is 3. The van der Waals surface area contributed by atoms with E-state index in [4.69, 9.17) is 4.74 Å². The van der Waals surface area contributed by atoms with E-state index >= 15 is 0 Å². The number of aromatic hydroxyl groups is 3. The highest BCUT2D eigenvalue weighted by Crippen LogP contribution is 2.39. The Kier molecular flexibility index (Phi) is 8.09. The molecule has 0 aliphatic heterocycles. The van der Waals surface area contributed by atoms with Gasteiger partial charge in [0.2, 0.25) is 0 Å². The Balaban J connectivity index is 1.55. The lowest BCUT2D eigenvalue weighted by atomic mass is 9.88. The quantitative estimate of drug-likeness (QED) is 0.195. The summed E-state index contributed by atoms with van der Waals surface area (Å²) in [5.41, 5.74) is 12.3. The molecule has 6 rings (SSSR count). The SMILES string of the molecule is COc1c2cc(CCc3ccccc3)cc1Cc1cc(C)cc(c1O)Cc1cc(C)cc(c1O)Cc1cc(C)cc(c1O)C2. The van der Waals surface area contributed by atoms with Crippen LogP contribution in [0.4, 0.5) is 0 Å². The molecule has 0 atom stereocenters. The lowest BCUT2D eigenvalue weighted by Crippen LogP contribution is -2.05. The van der Waals surface area contributed by atoms with Crippen LogP contribution in [0.5, 0.6) is 23.0 Å². The van der Waals surface area contributed by atoms with Crippen molar-refractivity contribution in [1.82, 2.24) is 0 Å². The van der Waals surface area contributed by atoms with Crippen LogP contribution in [0.15, 0.2) is 78.9 Å². The third kappa shape index (κ3) is 6.03. The molecular formula is C40H40O4. The Labute approximate surface area is 260 Å². The maximum atomic E-state index is 11.6. The van der Waals surface area contributed by atoms with Crippen LogP contribution in [0.3, 0.4) is 0 Å². The zero-order valence-electron chi connectivity index (χ0n) is 26.0. The van der Waals surface area contributed by atoms with Crippen molar-refractivity contribution in [1.29, 1.82) is 0 Å². The number of rotatable bonds is 4. The molecule has 44 heavy (non-hydrogen) atoms. The topological polar surface area (TPSA) is 69.9 Å². The van der Waals surface area contributed by atoms with Gasteiger partial charge in [0.1, 0.15) is 23.0 Å². The maximum absolute atomic E-state index is 11.6. The van der Waals surface area contributed by atoms with Crippen molar-refractivity contribution < 1.29 is 20.1 Å². The second-order valence-electron chi connectivity index (χ2n) is 12.4. The van der Waals surface area contributed by atoms with E-state index in [1.165, 1.54) is 11.1 Å². The largest absolute Gasteiger partial charge is 0.507 e. The summed E-state index contributed by atoms with van der Waals surface area (Å²) < 4.78 is 6.09. The van der Waals surface area contributed by atoms with E-state index in [-0.39, 0.29) is 17.2 Å². The second kappa shape index (κ2) is 12.1. The van der Waals surface area contributed by atoms with Gasteiger partial charge in [0.15, 0.2) is 0 Å². The highest BCUT2D eigenvalue weighted by atomic mass is 16.5. The highest BCUT2D eigenvalue weighted by molar-refractivity contribution is 5.57. The van der Waals surface area contributed by atoms with Crippen LogP contribution in [0, 0.1) is 20.8 Å². The summed E-state index contributed by atoms with van der Waals surface area (Å²) in [6.45, 7) is 6.10. The van der Waals surface area contributed by atoms with Crippen LogP contribution >= 0.6 is 0 Å². The first-order valence-corrected chi connectivity index (χ1v) is 15.3. The van der Waals surface area contributed by atoms with E-state index in [1.54, 1.807) is 7.11 Å². The lowest BCUT2D eigenvalue weighted by molar-refractivity contribution is 0.405. The van der Waals surface area contributed by atoms with E-state index < -0.39 is 0 Å². The molecule has 0 radical (unpaired) electrons. The highest BCUT2D eigenvalue weighted by Gasteiger charge is 2.21. The fourth-order valence-corrected chi connectivity index (χ4v) is 6.86. The minimum absolute atomic E-state index is 0.211. The average molecular weight is 585 g/mol. The molecule has 5 aromatic carbocycles. The molecule has 8 bridgehead atoms. The second-order valence-corrected chi connectivity index (χ2v) is 12.4. The lowest BCUT2D eigenvalue weighted by Gasteiger charge is -2.20. The van der Waals surface area contributed by atoms with E-state index in [9.17, 15) is 15.3 Å². The zero-order chi connectivity index (χ0) is 31.0. The van der Waals surface area contributed by atoms with E-state index in [2.05, 4.69) is 36.4 Å². The molecule has 0 unspecified atom stereocenters. The molecule has 0 amide bonds. The number of ether oxygens (including phenoxy) is 1. The number of fused-ring (bicyclic) bond motifs is 8. The van der Waals surface area contributed by atoms with Crippen LogP contribution in [0.25, 0.3) is 0 Å². The predicted molar refractivity (Wildman–Crippen MR) is 177 cm³/mol. The van der Waals surface area contributed by atoms with Crippen LogP contribution in [-0.4, -0.2) is 22.4 Å². The van der Waals surface area contributed by atoms with Crippen molar-refractivity contribution in [3.8, 4) is 23.0 Å². The maximum Gasteiger partial charge on any atom is 0.125 e. The third-order valence-electron chi connectivity index (χ3n) is 8.81. The van der Waals surface area contributed by atoms with Gasteiger partial charge >= 0.3 is 0 Å². The van der Waals surface area contributed by atoms with Crippen molar-refractivity contribution in [3.05, 3.63) is 151 Å². The molecule has 5 aromatic rings. The number of phenols is 3. The molecule has 0 spiro atoms. The fraction of sp³-hybridized carbons (Fsp3) is 0.250. The van der Waals surface area contributed by atoms with Gasteiger partial charge in [0, 0.05) is 25.7 Å². The van der Waals surface area contributed by atoms with Gasteiger partial charge in [-0.2, -0.15) is 0 Å². The Hall–Kier alpha value is -4.70. The molecular weight excluding hydrogens is 544 g/mol. The fourth-order valence-electron chi connectivity index (χ4n) is 6.86. The molecule has 3 N–H and O–H groups in total. The Morgan fingerprint density at radius 3 is 1.18 bits per heavy atom. The summed E-state index contributed by atoms with van der Waals surface area (Å²) in [4.78, 5) is 0. The summed E-state index contributed by atoms with van der Waals surface area (Å²) in [7, 11) is 1.70. The van der Waals surface area contributed by atoms with Gasteiger partial charge in [-0.05, 0) is 89.2 Å². The molecule has 0 fully saturated rings. The van der Waals surface area contributed by atoms with Crippen molar-refractivity contribution in [2.45, 2.75) is 59.3 Å². The van der Waals surface area contributed by atoms with Gasteiger partial charge in [-0.25, -0.2) is 0 Å². The molecule has 1 aliphatic rings. The average Bonchev–Trinajstić information content (AvgIpc) is 2.99. The molecule has 4 heteroatoms. The molecule has 4 nitrogen and oxygen atoms in total. The van der Waals surface area contributed by atoms with E-state index in [0.29, 0.717) is 25.7 Å². The number of benzene rings is 5. The van der Waals surface area contributed by atoms with Crippen LogP contribution in [-0.2, 0) is 38.5 Å². The predicted octanol–water partition coefficient (Wildman–Crippen LogP) is 8.20. The summed E-state index contributed by atoms with van der Waals surface area (Å²) in [6, 6.07) is 26.9. The van der Waals surface area contributed by atoms with Crippen molar-refractivity contribution in [2.24, 2.45) is 0 Å². The summed E-state index contributed by atoms with van der Waals surface area (Å²) in [5, 5.41) is 34.6. The van der Waals surface area contributed by atoms with Crippen LogP contribution in [0.2, 0.25) is 0 Å². The van der Waals surface area contributed by atoms with Gasteiger partial charge in [0.25, 0.3) is 0 Å². The molecule has 1 aliphatic carbocycles. The van der Waals surface area contributed by atoms with Crippen molar-refractivity contribution >= 4 is 0 Å². The Morgan fingerprint density at radius 2 is 0.818 bits per heavy atom. The monoisotopic (exact) mass is 584 g/mol. The minimum Gasteiger partial charge on any atom is -0.507 e. The van der Waals surface area contributed by atoms with Gasteiger partial charge in [-0.15, -0.1) is 0 Å².